The lowest BCUT2D eigenvalue weighted by Crippen LogP contribution is -2.41. The summed E-state index contributed by atoms with van der Waals surface area (Å²) in [6, 6.07) is 7.10. The highest BCUT2D eigenvalue weighted by Crippen LogP contribution is 2.17. The zero-order chi connectivity index (χ0) is 15.3. The van der Waals surface area contributed by atoms with Gasteiger partial charge in [0.2, 0.25) is 10.0 Å². The van der Waals surface area contributed by atoms with Crippen molar-refractivity contribution in [3.63, 3.8) is 0 Å². The van der Waals surface area contributed by atoms with Crippen LogP contribution in [0.4, 0.5) is 0 Å². The second kappa shape index (κ2) is 7.35. The van der Waals surface area contributed by atoms with Crippen molar-refractivity contribution in [2.45, 2.75) is 24.7 Å². The van der Waals surface area contributed by atoms with Crippen LogP contribution in [0.5, 0.6) is 0 Å². The fraction of sp³-hybridized carbons (Fsp3) is 0.600. The summed E-state index contributed by atoms with van der Waals surface area (Å²) in [4.78, 5) is 2.53. The van der Waals surface area contributed by atoms with E-state index in [2.05, 4.69) is 23.5 Å². The molecule has 0 atom stereocenters. The van der Waals surface area contributed by atoms with Gasteiger partial charge in [0, 0.05) is 26.2 Å². The minimum atomic E-state index is -3.41. The van der Waals surface area contributed by atoms with Gasteiger partial charge in [0.05, 0.1) is 18.1 Å². The van der Waals surface area contributed by atoms with E-state index < -0.39 is 10.0 Å². The lowest BCUT2D eigenvalue weighted by molar-refractivity contribution is 0.0390. The summed E-state index contributed by atoms with van der Waals surface area (Å²) in [5.74, 6) is 0.399. The molecular weight excluding hydrogens is 288 g/mol. The molecule has 0 saturated carbocycles. The van der Waals surface area contributed by atoms with Crippen LogP contribution in [0.1, 0.15) is 25.3 Å². The number of hydrogen-bond donors (Lipinski definition) is 1. The molecule has 1 N–H and O–H groups in total. The zero-order valence-electron chi connectivity index (χ0n) is 12.7. The fourth-order valence-corrected chi connectivity index (χ4v) is 3.30. The van der Waals surface area contributed by atoms with Gasteiger partial charge < -0.3 is 4.74 Å². The average Bonchev–Trinajstić information content (AvgIpc) is 2.48. The standard InChI is InChI=1S/C15H24N2O3S/c1-13(2)14-3-5-15(6-4-14)21(18,19)16-7-8-17-9-11-20-12-10-17/h3-6,13,16H,7-12H2,1-2H3. The van der Waals surface area contributed by atoms with Crippen molar-refractivity contribution in [3.8, 4) is 0 Å². The lowest BCUT2D eigenvalue weighted by Gasteiger charge is -2.26. The normalized spacial score (nSPS) is 17.3. The molecule has 1 aliphatic rings. The first-order valence-corrected chi connectivity index (χ1v) is 8.87. The Morgan fingerprint density at radius 3 is 2.38 bits per heavy atom. The Balaban J connectivity index is 1.88. The largest absolute Gasteiger partial charge is 0.379 e. The first kappa shape index (κ1) is 16.4. The molecule has 2 rings (SSSR count). The topological polar surface area (TPSA) is 58.6 Å². The molecule has 6 heteroatoms. The van der Waals surface area contributed by atoms with Crippen molar-refractivity contribution < 1.29 is 13.2 Å². The number of nitrogens with zero attached hydrogens (tertiary/aromatic N) is 1. The summed E-state index contributed by atoms with van der Waals surface area (Å²) in [5, 5.41) is 0. The van der Waals surface area contributed by atoms with Gasteiger partial charge >= 0.3 is 0 Å². The van der Waals surface area contributed by atoms with Gasteiger partial charge in [0.1, 0.15) is 0 Å². The molecule has 0 aliphatic carbocycles. The third-order valence-electron chi connectivity index (χ3n) is 3.68. The van der Waals surface area contributed by atoms with Crippen molar-refractivity contribution in [1.82, 2.24) is 9.62 Å². The summed E-state index contributed by atoms with van der Waals surface area (Å²) >= 11 is 0. The Bertz CT molecular complexity index is 535. The van der Waals surface area contributed by atoms with Crippen molar-refractivity contribution in [2.24, 2.45) is 0 Å². The molecular formula is C15H24N2O3S. The summed E-state index contributed by atoms with van der Waals surface area (Å²) in [7, 11) is -3.41. The number of nitrogens with one attached hydrogen (secondary N) is 1. The molecule has 1 aliphatic heterocycles. The van der Waals surface area contributed by atoms with Gasteiger partial charge in [0.15, 0.2) is 0 Å². The Hall–Kier alpha value is -0.950. The van der Waals surface area contributed by atoms with E-state index >= 15 is 0 Å². The van der Waals surface area contributed by atoms with Gasteiger partial charge in [-0.15, -0.1) is 0 Å². The van der Waals surface area contributed by atoms with E-state index in [0.717, 1.165) is 31.9 Å². The Labute approximate surface area is 127 Å². The van der Waals surface area contributed by atoms with E-state index in [9.17, 15) is 8.42 Å². The summed E-state index contributed by atoms with van der Waals surface area (Å²) in [6.45, 7) is 8.50. The number of hydrogen-bond acceptors (Lipinski definition) is 4. The highest BCUT2D eigenvalue weighted by atomic mass is 32.2. The molecule has 0 amide bonds. The van der Waals surface area contributed by atoms with Crippen LogP contribution in [0.25, 0.3) is 0 Å². The molecule has 1 heterocycles. The molecule has 0 bridgehead atoms. The van der Waals surface area contributed by atoms with Crippen LogP contribution in [0.3, 0.4) is 0 Å². The third kappa shape index (κ3) is 4.78. The molecule has 1 aromatic carbocycles. The second-order valence-corrected chi connectivity index (χ2v) is 7.34. The highest BCUT2D eigenvalue weighted by Gasteiger charge is 2.15. The number of benzene rings is 1. The lowest BCUT2D eigenvalue weighted by atomic mass is 10.0. The van der Waals surface area contributed by atoms with Crippen LogP contribution in [0.15, 0.2) is 29.2 Å². The van der Waals surface area contributed by atoms with Crippen LogP contribution in [0, 0.1) is 0 Å². The highest BCUT2D eigenvalue weighted by molar-refractivity contribution is 7.89. The molecule has 118 valence electrons. The van der Waals surface area contributed by atoms with Crippen LogP contribution in [-0.4, -0.2) is 52.7 Å². The number of rotatable bonds is 6. The van der Waals surface area contributed by atoms with Crippen LogP contribution in [-0.2, 0) is 14.8 Å². The number of sulfonamides is 1. The fourth-order valence-electron chi connectivity index (χ4n) is 2.28. The maximum absolute atomic E-state index is 12.2. The van der Waals surface area contributed by atoms with Gasteiger partial charge in [-0.2, -0.15) is 0 Å². The van der Waals surface area contributed by atoms with E-state index in [-0.39, 0.29) is 0 Å². The summed E-state index contributed by atoms with van der Waals surface area (Å²) in [6.07, 6.45) is 0. The van der Waals surface area contributed by atoms with Crippen LogP contribution in [0.2, 0.25) is 0 Å². The Morgan fingerprint density at radius 1 is 1.19 bits per heavy atom. The van der Waals surface area contributed by atoms with Crippen molar-refractivity contribution >= 4 is 10.0 Å². The third-order valence-corrected chi connectivity index (χ3v) is 5.16. The molecule has 0 spiro atoms. The molecule has 1 saturated heterocycles. The zero-order valence-corrected chi connectivity index (χ0v) is 13.5. The first-order valence-electron chi connectivity index (χ1n) is 7.39. The predicted octanol–water partition coefficient (Wildman–Crippen LogP) is 1.42. The van der Waals surface area contributed by atoms with E-state index in [4.69, 9.17) is 4.74 Å². The molecule has 5 nitrogen and oxygen atoms in total. The van der Waals surface area contributed by atoms with E-state index in [1.165, 1.54) is 0 Å². The Morgan fingerprint density at radius 2 is 1.81 bits per heavy atom. The molecule has 0 unspecified atom stereocenters. The Kier molecular flexibility index (Phi) is 5.75. The molecule has 0 radical (unpaired) electrons. The summed E-state index contributed by atoms with van der Waals surface area (Å²) in [5.41, 5.74) is 1.14. The van der Waals surface area contributed by atoms with Crippen molar-refractivity contribution in [3.05, 3.63) is 29.8 Å². The monoisotopic (exact) mass is 312 g/mol. The quantitative estimate of drug-likeness (QED) is 0.863. The summed E-state index contributed by atoms with van der Waals surface area (Å²) < 4.78 is 32.3. The molecule has 1 fully saturated rings. The smallest absolute Gasteiger partial charge is 0.240 e. The minimum absolute atomic E-state index is 0.328. The molecule has 0 aromatic heterocycles. The molecule has 21 heavy (non-hydrogen) atoms. The second-order valence-electron chi connectivity index (χ2n) is 5.58. The maximum atomic E-state index is 12.2. The van der Waals surface area contributed by atoms with Crippen molar-refractivity contribution in [1.29, 1.82) is 0 Å². The van der Waals surface area contributed by atoms with Crippen LogP contribution >= 0.6 is 0 Å². The molecule has 1 aromatic rings. The number of ether oxygens (including phenoxy) is 1. The van der Waals surface area contributed by atoms with E-state index in [1.807, 2.05) is 12.1 Å². The average molecular weight is 312 g/mol. The van der Waals surface area contributed by atoms with Gasteiger partial charge in [-0.3, -0.25) is 4.90 Å². The van der Waals surface area contributed by atoms with Crippen molar-refractivity contribution in [2.75, 3.05) is 39.4 Å². The van der Waals surface area contributed by atoms with Gasteiger partial charge in [-0.05, 0) is 23.6 Å². The SMILES string of the molecule is CC(C)c1ccc(S(=O)(=O)NCCN2CCOCC2)cc1. The van der Waals surface area contributed by atoms with Gasteiger partial charge in [0.25, 0.3) is 0 Å². The minimum Gasteiger partial charge on any atom is -0.379 e. The van der Waals surface area contributed by atoms with Gasteiger partial charge in [-0.25, -0.2) is 13.1 Å². The van der Waals surface area contributed by atoms with E-state index in [0.29, 0.717) is 23.9 Å². The first-order chi connectivity index (χ1) is 9.99. The number of morpholine rings is 1. The van der Waals surface area contributed by atoms with Gasteiger partial charge in [-0.1, -0.05) is 26.0 Å². The van der Waals surface area contributed by atoms with Crippen LogP contribution < -0.4 is 4.72 Å². The predicted molar refractivity (Wildman–Crippen MR) is 83.0 cm³/mol. The maximum Gasteiger partial charge on any atom is 0.240 e. The van der Waals surface area contributed by atoms with E-state index in [1.54, 1.807) is 12.1 Å².